The number of carboxylic acids is 1. The van der Waals surface area contributed by atoms with Gasteiger partial charge in [0.05, 0.1) is 12.0 Å². The number of rotatable bonds is 13. The molecule has 0 saturated heterocycles. The topological polar surface area (TPSA) is 196 Å². The number of nitrogens with one attached hydrogen (secondary N) is 4. The first-order valence-electron chi connectivity index (χ1n) is 15.1. The minimum atomic E-state index is -1.06. The van der Waals surface area contributed by atoms with Crippen LogP contribution in [0.25, 0.3) is 0 Å². The van der Waals surface area contributed by atoms with Crippen molar-refractivity contribution in [3.63, 3.8) is 0 Å². The van der Waals surface area contributed by atoms with E-state index in [1.807, 2.05) is 30.3 Å². The number of alkyl carbamates (subject to hydrolysis) is 1. The molecular weight excluding hydrogens is 610 g/mol. The normalized spacial score (nSPS) is 11.1. The lowest BCUT2D eigenvalue weighted by atomic mass is 10.1. The van der Waals surface area contributed by atoms with Gasteiger partial charge in [-0.25, -0.2) is 14.5 Å². The summed E-state index contributed by atoms with van der Waals surface area (Å²) in [5.41, 5.74) is -0.342. The van der Waals surface area contributed by atoms with E-state index in [9.17, 15) is 24.0 Å². The third kappa shape index (κ3) is 15.1. The summed E-state index contributed by atoms with van der Waals surface area (Å²) in [5, 5.41) is 24.7. The molecule has 0 fully saturated rings. The Kier molecular flexibility index (Phi) is 14.2. The molecule has 14 heteroatoms. The average molecular weight is 656 g/mol. The van der Waals surface area contributed by atoms with Gasteiger partial charge in [-0.3, -0.25) is 25.1 Å². The van der Waals surface area contributed by atoms with Crippen molar-refractivity contribution in [1.29, 1.82) is 5.41 Å². The molecule has 0 saturated carbocycles. The van der Waals surface area contributed by atoms with Gasteiger partial charge in [0.2, 0.25) is 11.9 Å². The van der Waals surface area contributed by atoms with E-state index in [1.54, 1.807) is 53.7 Å². The van der Waals surface area contributed by atoms with Crippen LogP contribution in [0.3, 0.4) is 0 Å². The molecule has 2 aromatic carbocycles. The lowest BCUT2D eigenvalue weighted by Gasteiger charge is -2.28. The standard InChI is InChI=1S/C33H45N5O9/c1-32(2,3)46-30(43)37-29(34)38(31(44)47-33(4,5)6)19-11-10-14-26(39)36-23-15-16-25(45-21-22-12-8-7-9-13-22)24(20-23)28(42)35-18-17-27(40)41/h7-9,12-13,15-16,20H,10-11,14,17-19,21H2,1-6H3,(H,35,42)(H,36,39)(H,40,41)(H2,34,37,43). The van der Waals surface area contributed by atoms with E-state index in [1.165, 1.54) is 6.07 Å². The minimum Gasteiger partial charge on any atom is -0.488 e. The van der Waals surface area contributed by atoms with E-state index >= 15 is 0 Å². The first-order chi connectivity index (χ1) is 21.9. The molecule has 0 aromatic heterocycles. The summed E-state index contributed by atoms with van der Waals surface area (Å²) in [6.45, 7) is 10.1. The molecule has 0 radical (unpaired) electrons. The summed E-state index contributed by atoms with van der Waals surface area (Å²) in [4.78, 5) is 62.5. The predicted molar refractivity (Wildman–Crippen MR) is 174 cm³/mol. The summed E-state index contributed by atoms with van der Waals surface area (Å²) < 4.78 is 16.4. The second-order valence-electron chi connectivity index (χ2n) is 12.5. The maximum atomic E-state index is 12.9. The lowest BCUT2D eigenvalue weighted by Crippen LogP contribution is -2.49. The van der Waals surface area contributed by atoms with Crippen molar-refractivity contribution >= 4 is 41.6 Å². The smallest absolute Gasteiger partial charge is 0.417 e. The van der Waals surface area contributed by atoms with Gasteiger partial charge in [0.1, 0.15) is 23.6 Å². The zero-order valence-corrected chi connectivity index (χ0v) is 27.7. The van der Waals surface area contributed by atoms with Gasteiger partial charge in [-0.1, -0.05) is 30.3 Å². The number of amides is 4. The van der Waals surface area contributed by atoms with Crippen LogP contribution in [-0.2, 0) is 25.7 Å². The predicted octanol–water partition coefficient (Wildman–Crippen LogP) is 5.28. The van der Waals surface area contributed by atoms with E-state index in [0.29, 0.717) is 12.1 Å². The maximum absolute atomic E-state index is 12.9. The Hall–Kier alpha value is -5.14. The molecule has 256 valence electrons. The van der Waals surface area contributed by atoms with Gasteiger partial charge < -0.3 is 30.0 Å². The number of unbranched alkanes of at least 4 members (excludes halogenated alkanes) is 1. The number of carbonyl (C=O) groups excluding carboxylic acids is 4. The number of hydrogen-bond acceptors (Lipinski definition) is 9. The van der Waals surface area contributed by atoms with Crippen molar-refractivity contribution in [1.82, 2.24) is 15.5 Å². The van der Waals surface area contributed by atoms with Crippen LogP contribution in [0.4, 0.5) is 15.3 Å². The highest BCUT2D eigenvalue weighted by Gasteiger charge is 2.27. The number of carbonyl (C=O) groups is 5. The van der Waals surface area contributed by atoms with Crippen molar-refractivity contribution in [3.05, 3.63) is 59.7 Å². The van der Waals surface area contributed by atoms with Crippen LogP contribution in [0.2, 0.25) is 0 Å². The van der Waals surface area contributed by atoms with E-state index in [-0.39, 0.29) is 56.2 Å². The highest BCUT2D eigenvalue weighted by Crippen LogP contribution is 2.24. The molecule has 0 spiro atoms. The Morgan fingerprint density at radius 1 is 0.872 bits per heavy atom. The largest absolute Gasteiger partial charge is 0.488 e. The Morgan fingerprint density at radius 3 is 2.15 bits per heavy atom. The summed E-state index contributed by atoms with van der Waals surface area (Å²) in [6, 6.07) is 13.9. The van der Waals surface area contributed by atoms with Crippen LogP contribution in [0, 0.1) is 5.41 Å². The van der Waals surface area contributed by atoms with Crippen LogP contribution in [-0.4, -0.2) is 70.2 Å². The first-order valence-corrected chi connectivity index (χ1v) is 15.1. The monoisotopic (exact) mass is 655 g/mol. The fourth-order valence-corrected chi connectivity index (χ4v) is 3.88. The van der Waals surface area contributed by atoms with Crippen LogP contribution in [0.1, 0.15) is 83.1 Å². The second-order valence-corrected chi connectivity index (χ2v) is 12.5. The second kappa shape index (κ2) is 17.5. The number of aliphatic carboxylic acids is 1. The third-order valence-electron chi connectivity index (χ3n) is 5.91. The quantitative estimate of drug-likeness (QED) is 0.108. The van der Waals surface area contributed by atoms with Crippen molar-refractivity contribution in [2.75, 3.05) is 18.4 Å². The number of benzene rings is 2. The number of anilines is 1. The van der Waals surface area contributed by atoms with E-state index < -0.39 is 41.2 Å². The molecule has 2 rings (SSSR count). The van der Waals surface area contributed by atoms with Crippen LogP contribution >= 0.6 is 0 Å². The van der Waals surface area contributed by atoms with E-state index in [0.717, 1.165) is 10.5 Å². The zero-order valence-electron chi connectivity index (χ0n) is 27.7. The summed E-state index contributed by atoms with van der Waals surface area (Å²) in [6.07, 6.45) is -1.36. The van der Waals surface area contributed by atoms with Crippen molar-refractivity contribution in [3.8, 4) is 5.75 Å². The fourth-order valence-electron chi connectivity index (χ4n) is 3.88. The summed E-state index contributed by atoms with van der Waals surface area (Å²) in [5.74, 6) is -2.26. The number of hydrogen-bond donors (Lipinski definition) is 5. The van der Waals surface area contributed by atoms with Gasteiger partial charge in [0, 0.05) is 25.2 Å². The Morgan fingerprint density at radius 2 is 1.53 bits per heavy atom. The number of nitrogens with zero attached hydrogens (tertiary/aromatic N) is 1. The summed E-state index contributed by atoms with van der Waals surface area (Å²) >= 11 is 0. The van der Waals surface area contributed by atoms with Crippen LogP contribution in [0.15, 0.2) is 48.5 Å². The lowest BCUT2D eigenvalue weighted by molar-refractivity contribution is -0.136. The number of guanidine groups is 1. The van der Waals surface area contributed by atoms with Gasteiger partial charge in [0.25, 0.3) is 5.91 Å². The molecule has 47 heavy (non-hydrogen) atoms. The molecule has 0 aliphatic rings. The zero-order chi connectivity index (χ0) is 35.2. The van der Waals surface area contributed by atoms with Crippen LogP contribution < -0.4 is 20.7 Å². The van der Waals surface area contributed by atoms with E-state index in [4.69, 9.17) is 24.7 Å². The molecule has 14 nitrogen and oxygen atoms in total. The molecule has 4 amide bonds. The molecule has 0 aliphatic carbocycles. The van der Waals surface area contributed by atoms with Gasteiger partial charge in [0.15, 0.2) is 0 Å². The molecule has 0 atom stereocenters. The first kappa shape index (κ1) is 38.0. The Balaban J connectivity index is 2.04. The summed E-state index contributed by atoms with van der Waals surface area (Å²) in [7, 11) is 0. The van der Waals surface area contributed by atoms with Crippen molar-refractivity contribution in [2.45, 2.75) is 85.0 Å². The average Bonchev–Trinajstić information content (AvgIpc) is 2.94. The minimum absolute atomic E-state index is 0.0229. The SMILES string of the molecule is CC(C)(C)OC(=O)NC(=N)N(CCCCC(=O)Nc1ccc(OCc2ccccc2)c(C(=O)NCCC(=O)O)c1)C(=O)OC(C)(C)C. The van der Waals surface area contributed by atoms with Crippen LogP contribution in [0.5, 0.6) is 5.75 Å². The van der Waals surface area contributed by atoms with Crippen molar-refractivity contribution in [2.24, 2.45) is 0 Å². The Bertz CT molecular complexity index is 1420. The molecule has 5 N–H and O–H groups in total. The van der Waals surface area contributed by atoms with Crippen molar-refractivity contribution < 1.29 is 43.3 Å². The van der Waals surface area contributed by atoms with Gasteiger partial charge >= 0.3 is 18.2 Å². The molecular formula is C33H45N5O9. The highest BCUT2D eigenvalue weighted by atomic mass is 16.6. The molecule has 0 bridgehead atoms. The maximum Gasteiger partial charge on any atom is 0.417 e. The Labute approximate surface area is 274 Å². The molecule has 2 aromatic rings. The molecule has 0 aliphatic heterocycles. The van der Waals surface area contributed by atoms with Gasteiger partial charge in [-0.15, -0.1) is 0 Å². The third-order valence-corrected chi connectivity index (χ3v) is 5.91. The highest BCUT2D eigenvalue weighted by molar-refractivity contribution is 6.00. The number of ether oxygens (including phenoxy) is 3. The van der Waals surface area contributed by atoms with E-state index in [2.05, 4.69) is 16.0 Å². The molecule has 0 heterocycles. The number of carboxylic acid groups (broad SMARTS) is 1. The fraction of sp³-hybridized carbons (Fsp3) is 0.455. The van der Waals surface area contributed by atoms with Gasteiger partial charge in [-0.05, 0) is 78.1 Å². The molecule has 0 unspecified atom stereocenters. The van der Waals surface area contributed by atoms with Gasteiger partial charge in [-0.2, -0.15) is 0 Å².